The quantitative estimate of drug-likeness (QED) is 0.915. The smallest absolute Gasteiger partial charge is 0.224 e. The highest BCUT2D eigenvalue weighted by Gasteiger charge is 2.40. The van der Waals surface area contributed by atoms with E-state index in [4.69, 9.17) is 16.9 Å². The molecule has 1 N–H and O–H groups in total. The number of anilines is 1. The van der Waals surface area contributed by atoms with Gasteiger partial charge in [0, 0.05) is 6.42 Å². The maximum Gasteiger partial charge on any atom is 0.224 e. The summed E-state index contributed by atoms with van der Waals surface area (Å²) in [7, 11) is 0. The van der Waals surface area contributed by atoms with E-state index in [1.165, 1.54) is 25.7 Å². The first-order chi connectivity index (χ1) is 9.65. The number of nitriles is 1. The van der Waals surface area contributed by atoms with Crippen LogP contribution in [0.2, 0.25) is 5.02 Å². The van der Waals surface area contributed by atoms with Crippen molar-refractivity contribution in [2.24, 2.45) is 17.8 Å². The Kier molecular flexibility index (Phi) is 3.67. The van der Waals surface area contributed by atoms with Crippen LogP contribution in [0.25, 0.3) is 0 Å². The monoisotopic (exact) mass is 288 g/mol. The van der Waals surface area contributed by atoms with Crippen molar-refractivity contribution in [3.8, 4) is 6.07 Å². The minimum Gasteiger partial charge on any atom is -0.325 e. The van der Waals surface area contributed by atoms with Crippen molar-refractivity contribution in [1.29, 1.82) is 5.26 Å². The molecule has 20 heavy (non-hydrogen) atoms. The Balaban J connectivity index is 1.63. The molecule has 2 aliphatic carbocycles. The molecule has 0 radical (unpaired) electrons. The van der Waals surface area contributed by atoms with E-state index in [2.05, 4.69) is 11.4 Å². The molecule has 3 nitrogen and oxygen atoms in total. The lowest BCUT2D eigenvalue weighted by Crippen LogP contribution is -2.20. The lowest BCUT2D eigenvalue weighted by Gasteiger charge is -2.21. The molecule has 1 aromatic rings. The van der Waals surface area contributed by atoms with Gasteiger partial charge >= 0.3 is 0 Å². The normalized spacial score (nSPS) is 27.3. The molecule has 104 valence electrons. The van der Waals surface area contributed by atoms with E-state index >= 15 is 0 Å². The third-order valence-corrected chi connectivity index (χ3v) is 5.03. The molecule has 0 spiro atoms. The van der Waals surface area contributed by atoms with E-state index in [0.717, 1.165) is 11.8 Å². The molecule has 1 amide bonds. The number of benzene rings is 1. The van der Waals surface area contributed by atoms with Gasteiger partial charge in [0.2, 0.25) is 5.91 Å². The standard InChI is InChI=1S/C16H17ClN2O/c17-14-4-2-11(9-18)7-15(14)19-16(20)8-13-6-10-1-3-12(13)5-10/h2,4,7,10,12-13H,1,3,5-6,8H2,(H,19,20). The molecule has 2 bridgehead atoms. The van der Waals surface area contributed by atoms with Crippen LogP contribution >= 0.6 is 11.6 Å². The fourth-order valence-electron chi connectivity index (χ4n) is 3.76. The van der Waals surface area contributed by atoms with E-state index < -0.39 is 0 Å². The van der Waals surface area contributed by atoms with Gasteiger partial charge in [-0.1, -0.05) is 18.0 Å². The first kappa shape index (κ1) is 13.5. The van der Waals surface area contributed by atoms with Gasteiger partial charge in [0.1, 0.15) is 0 Å². The molecule has 4 heteroatoms. The summed E-state index contributed by atoms with van der Waals surface area (Å²) in [4.78, 5) is 12.1. The third-order valence-electron chi connectivity index (χ3n) is 4.70. The van der Waals surface area contributed by atoms with Crippen LogP contribution in [0, 0.1) is 29.1 Å². The van der Waals surface area contributed by atoms with Crippen LogP contribution in [0.5, 0.6) is 0 Å². The fraction of sp³-hybridized carbons (Fsp3) is 0.500. The lowest BCUT2D eigenvalue weighted by atomic mass is 9.86. The maximum atomic E-state index is 12.1. The summed E-state index contributed by atoms with van der Waals surface area (Å²) >= 11 is 6.05. The maximum absolute atomic E-state index is 12.1. The molecule has 3 atom stereocenters. The highest BCUT2D eigenvalue weighted by Crippen LogP contribution is 2.49. The number of nitrogens with zero attached hydrogens (tertiary/aromatic N) is 1. The Morgan fingerprint density at radius 3 is 2.90 bits per heavy atom. The predicted molar refractivity (Wildman–Crippen MR) is 78.4 cm³/mol. The molecule has 2 aliphatic rings. The molecule has 0 aromatic heterocycles. The number of hydrogen-bond donors (Lipinski definition) is 1. The number of nitrogens with one attached hydrogen (secondary N) is 1. The molecular weight excluding hydrogens is 272 g/mol. The van der Waals surface area contributed by atoms with E-state index in [0.29, 0.717) is 28.6 Å². The molecule has 0 aliphatic heterocycles. The van der Waals surface area contributed by atoms with Gasteiger partial charge in [0.25, 0.3) is 0 Å². The van der Waals surface area contributed by atoms with Crippen molar-refractivity contribution in [2.45, 2.75) is 32.1 Å². The molecule has 0 saturated heterocycles. The molecule has 3 unspecified atom stereocenters. The number of amides is 1. The Bertz CT molecular complexity index is 578. The van der Waals surface area contributed by atoms with Gasteiger partial charge in [0.15, 0.2) is 0 Å². The zero-order chi connectivity index (χ0) is 14.1. The second kappa shape index (κ2) is 5.46. The summed E-state index contributed by atoms with van der Waals surface area (Å²) in [6, 6.07) is 6.97. The van der Waals surface area contributed by atoms with Crippen LogP contribution in [0.1, 0.15) is 37.7 Å². The number of fused-ring (bicyclic) bond motifs is 2. The van der Waals surface area contributed by atoms with Gasteiger partial charge < -0.3 is 5.32 Å². The van der Waals surface area contributed by atoms with Gasteiger partial charge in [0.05, 0.1) is 22.3 Å². The molecule has 2 saturated carbocycles. The predicted octanol–water partition coefficient (Wildman–Crippen LogP) is 3.98. The molecular formula is C16H17ClN2O. The van der Waals surface area contributed by atoms with Crippen LogP contribution in [0.3, 0.4) is 0 Å². The van der Waals surface area contributed by atoms with Crippen LogP contribution < -0.4 is 5.32 Å². The van der Waals surface area contributed by atoms with E-state index in [1.54, 1.807) is 18.2 Å². The minimum atomic E-state index is 0.0135. The van der Waals surface area contributed by atoms with Gasteiger partial charge in [-0.15, -0.1) is 0 Å². The zero-order valence-corrected chi connectivity index (χ0v) is 12.0. The number of carbonyl (C=O) groups excluding carboxylic acids is 1. The number of hydrogen-bond acceptors (Lipinski definition) is 2. The zero-order valence-electron chi connectivity index (χ0n) is 11.2. The first-order valence-electron chi connectivity index (χ1n) is 7.15. The van der Waals surface area contributed by atoms with Crippen molar-refractivity contribution in [1.82, 2.24) is 0 Å². The van der Waals surface area contributed by atoms with Crippen LogP contribution in [-0.2, 0) is 4.79 Å². The topological polar surface area (TPSA) is 52.9 Å². The van der Waals surface area contributed by atoms with Crippen LogP contribution in [0.4, 0.5) is 5.69 Å². The lowest BCUT2D eigenvalue weighted by molar-refractivity contribution is -0.117. The Labute approximate surface area is 123 Å². The van der Waals surface area contributed by atoms with Crippen molar-refractivity contribution in [3.63, 3.8) is 0 Å². The summed E-state index contributed by atoms with van der Waals surface area (Å²) < 4.78 is 0. The molecule has 1 aromatic carbocycles. The second-order valence-electron chi connectivity index (χ2n) is 5.99. The van der Waals surface area contributed by atoms with Crippen molar-refractivity contribution in [3.05, 3.63) is 28.8 Å². The molecule has 2 fully saturated rings. The first-order valence-corrected chi connectivity index (χ1v) is 7.53. The fourth-order valence-corrected chi connectivity index (χ4v) is 3.92. The molecule has 3 rings (SSSR count). The van der Waals surface area contributed by atoms with Crippen molar-refractivity contribution >= 4 is 23.2 Å². The van der Waals surface area contributed by atoms with E-state index in [9.17, 15) is 4.79 Å². The van der Waals surface area contributed by atoms with Crippen molar-refractivity contribution < 1.29 is 4.79 Å². The summed E-state index contributed by atoms with van der Waals surface area (Å²) in [6.45, 7) is 0. The summed E-state index contributed by atoms with van der Waals surface area (Å²) in [5.74, 6) is 2.14. The Morgan fingerprint density at radius 2 is 2.25 bits per heavy atom. The van der Waals surface area contributed by atoms with E-state index in [1.807, 2.05) is 0 Å². The van der Waals surface area contributed by atoms with E-state index in [-0.39, 0.29) is 5.91 Å². The SMILES string of the molecule is N#Cc1ccc(Cl)c(NC(=O)CC2CC3CCC2C3)c1. The summed E-state index contributed by atoms with van der Waals surface area (Å²) in [5, 5.41) is 12.2. The largest absolute Gasteiger partial charge is 0.325 e. The second-order valence-corrected chi connectivity index (χ2v) is 6.40. The highest BCUT2D eigenvalue weighted by atomic mass is 35.5. The van der Waals surface area contributed by atoms with Gasteiger partial charge in [-0.25, -0.2) is 0 Å². The number of halogens is 1. The Morgan fingerprint density at radius 1 is 1.40 bits per heavy atom. The number of carbonyl (C=O) groups is 1. The van der Waals surface area contributed by atoms with Gasteiger partial charge in [-0.2, -0.15) is 5.26 Å². The summed E-state index contributed by atoms with van der Waals surface area (Å²) in [5.41, 5.74) is 1.04. The Hall–Kier alpha value is -1.53. The third kappa shape index (κ3) is 2.66. The highest BCUT2D eigenvalue weighted by molar-refractivity contribution is 6.33. The molecule has 0 heterocycles. The minimum absolute atomic E-state index is 0.0135. The number of rotatable bonds is 3. The average molecular weight is 289 g/mol. The summed E-state index contributed by atoms with van der Waals surface area (Å²) in [6.07, 6.45) is 5.72. The van der Waals surface area contributed by atoms with Crippen molar-refractivity contribution in [2.75, 3.05) is 5.32 Å². The van der Waals surface area contributed by atoms with Crippen LogP contribution in [0.15, 0.2) is 18.2 Å². The average Bonchev–Trinajstić information content (AvgIpc) is 3.03. The van der Waals surface area contributed by atoms with Crippen LogP contribution in [-0.4, -0.2) is 5.91 Å². The van der Waals surface area contributed by atoms with Gasteiger partial charge in [-0.3, -0.25) is 4.79 Å². The van der Waals surface area contributed by atoms with Gasteiger partial charge in [-0.05, 0) is 55.2 Å².